The van der Waals surface area contributed by atoms with Gasteiger partial charge in [0.1, 0.15) is 34.1 Å². The highest BCUT2D eigenvalue weighted by Gasteiger charge is 2.15. The summed E-state index contributed by atoms with van der Waals surface area (Å²) in [4.78, 5) is 23.8. The Morgan fingerprint density at radius 2 is 1.19 bits per heavy atom. The maximum atomic E-state index is 11.9. The molecule has 0 aliphatic rings. The van der Waals surface area contributed by atoms with Gasteiger partial charge in [0.2, 0.25) is 0 Å². The number of carbonyl (C=O) groups is 2. The first kappa shape index (κ1) is 19.9. The van der Waals surface area contributed by atoms with Gasteiger partial charge in [-0.05, 0) is 24.3 Å². The molecule has 0 saturated carbocycles. The predicted octanol–water partition coefficient (Wildman–Crippen LogP) is 2.52. The van der Waals surface area contributed by atoms with Crippen LogP contribution < -0.4 is 9.47 Å². The lowest BCUT2D eigenvalue weighted by molar-refractivity contribution is 0.0393. The molecule has 0 heterocycles. The summed E-state index contributed by atoms with van der Waals surface area (Å²) in [6, 6.07) is 8.45. The summed E-state index contributed by atoms with van der Waals surface area (Å²) >= 11 is 0. The number of methoxy groups -OCH3 is 2. The third-order valence-corrected chi connectivity index (χ3v) is 3.60. The molecule has 2 N–H and O–H groups in total. The molecule has 0 aromatic heterocycles. The fraction of sp³-hybridized carbons (Fsp3) is 0.263. The van der Waals surface area contributed by atoms with Crippen LogP contribution in [0.1, 0.15) is 27.1 Å². The molecule has 27 heavy (non-hydrogen) atoms. The Kier molecular flexibility index (Phi) is 6.87. The third kappa shape index (κ3) is 5.27. The molecule has 0 atom stereocenters. The molecule has 0 bridgehead atoms. The van der Waals surface area contributed by atoms with Crippen molar-refractivity contribution in [3.05, 3.63) is 47.5 Å². The van der Waals surface area contributed by atoms with Crippen molar-refractivity contribution in [2.75, 3.05) is 27.4 Å². The Labute approximate surface area is 155 Å². The number of hydrogen-bond donors (Lipinski definition) is 2. The fourth-order valence-electron chi connectivity index (χ4n) is 2.17. The lowest BCUT2D eigenvalue weighted by Crippen LogP contribution is -2.11. The van der Waals surface area contributed by atoms with E-state index in [1.54, 1.807) is 0 Å². The highest BCUT2D eigenvalue weighted by Crippen LogP contribution is 2.25. The van der Waals surface area contributed by atoms with Gasteiger partial charge >= 0.3 is 11.9 Å². The molecular weight excluding hydrogens is 356 g/mol. The van der Waals surface area contributed by atoms with Crippen LogP contribution in [0.25, 0.3) is 0 Å². The first-order valence-electron chi connectivity index (χ1n) is 8.04. The van der Waals surface area contributed by atoms with Crippen molar-refractivity contribution in [3.63, 3.8) is 0 Å². The van der Waals surface area contributed by atoms with Crippen molar-refractivity contribution in [1.29, 1.82) is 0 Å². The van der Waals surface area contributed by atoms with Crippen molar-refractivity contribution >= 4 is 11.9 Å². The minimum Gasteiger partial charge on any atom is -0.507 e. The topological polar surface area (TPSA) is 112 Å². The van der Waals surface area contributed by atoms with Gasteiger partial charge < -0.3 is 29.2 Å². The maximum absolute atomic E-state index is 11.9. The van der Waals surface area contributed by atoms with Crippen LogP contribution in [0.15, 0.2) is 36.4 Å². The molecule has 0 aliphatic carbocycles. The SMILES string of the molecule is COc1ccc(C(=O)OCCCOC(=O)c2ccc(OC)cc2O)c(O)c1. The molecule has 2 aromatic rings. The van der Waals surface area contributed by atoms with Gasteiger partial charge in [-0.2, -0.15) is 0 Å². The average Bonchev–Trinajstić information content (AvgIpc) is 2.66. The normalized spacial score (nSPS) is 10.1. The van der Waals surface area contributed by atoms with Gasteiger partial charge in [0.25, 0.3) is 0 Å². The standard InChI is InChI=1S/C19H20O8/c1-24-12-4-6-14(16(20)10-12)18(22)26-8-3-9-27-19(23)15-7-5-13(25-2)11-17(15)21/h4-7,10-11,20-21H,3,8-9H2,1-2H3. The molecule has 0 unspecified atom stereocenters. The van der Waals surface area contributed by atoms with E-state index in [2.05, 4.69) is 0 Å². The van der Waals surface area contributed by atoms with Crippen LogP contribution in [-0.4, -0.2) is 49.6 Å². The Morgan fingerprint density at radius 1 is 0.778 bits per heavy atom. The van der Waals surface area contributed by atoms with Gasteiger partial charge in [0.15, 0.2) is 0 Å². The molecule has 0 aliphatic heterocycles. The molecule has 8 heteroatoms. The van der Waals surface area contributed by atoms with Crippen LogP contribution >= 0.6 is 0 Å². The summed E-state index contributed by atoms with van der Waals surface area (Å²) in [5, 5.41) is 19.5. The number of hydrogen-bond acceptors (Lipinski definition) is 8. The predicted molar refractivity (Wildman–Crippen MR) is 94.5 cm³/mol. The molecule has 144 valence electrons. The van der Waals surface area contributed by atoms with E-state index in [0.717, 1.165) is 0 Å². The molecule has 0 fully saturated rings. The van der Waals surface area contributed by atoms with E-state index in [9.17, 15) is 19.8 Å². The summed E-state index contributed by atoms with van der Waals surface area (Å²) in [5.41, 5.74) is 0.0203. The molecular formula is C19H20O8. The van der Waals surface area contributed by atoms with Crippen LogP contribution in [-0.2, 0) is 9.47 Å². The largest absolute Gasteiger partial charge is 0.507 e. The molecule has 0 radical (unpaired) electrons. The summed E-state index contributed by atoms with van der Waals surface area (Å²) in [7, 11) is 2.89. The second-order valence-electron chi connectivity index (χ2n) is 5.39. The van der Waals surface area contributed by atoms with E-state index in [1.807, 2.05) is 0 Å². The lowest BCUT2D eigenvalue weighted by atomic mass is 10.2. The Balaban J connectivity index is 1.77. The van der Waals surface area contributed by atoms with E-state index >= 15 is 0 Å². The number of esters is 2. The number of phenolic OH excluding ortho intramolecular Hbond substituents is 2. The molecule has 2 aromatic carbocycles. The number of phenols is 2. The van der Waals surface area contributed by atoms with Gasteiger partial charge in [0, 0.05) is 18.6 Å². The smallest absolute Gasteiger partial charge is 0.341 e. The first-order chi connectivity index (χ1) is 13.0. The van der Waals surface area contributed by atoms with Gasteiger partial charge in [-0.3, -0.25) is 0 Å². The quantitative estimate of drug-likeness (QED) is 0.534. The van der Waals surface area contributed by atoms with Gasteiger partial charge in [-0.15, -0.1) is 0 Å². The number of aromatic hydroxyl groups is 2. The fourth-order valence-corrected chi connectivity index (χ4v) is 2.17. The van der Waals surface area contributed by atoms with Crippen molar-refractivity contribution in [3.8, 4) is 23.0 Å². The number of ether oxygens (including phenoxy) is 4. The van der Waals surface area contributed by atoms with Crippen LogP contribution in [0.2, 0.25) is 0 Å². The summed E-state index contributed by atoms with van der Waals surface area (Å²) < 4.78 is 19.9. The zero-order valence-electron chi connectivity index (χ0n) is 14.9. The van der Waals surface area contributed by atoms with Crippen molar-refractivity contribution in [2.45, 2.75) is 6.42 Å². The van der Waals surface area contributed by atoms with E-state index in [-0.39, 0.29) is 42.3 Å². The Morgan fingerprint density at radius 3 is 1.52 bits per heavy atom. The molecule has 0 saturated heterocycles. The van der Waals surface area contributed by atoms with Crippen LogP contribution in [0, 0.1) is 0 Å². The highest BCUT2D eigenvalue weighted by atomic mass is 16.5. The van der Waals surface area contributed by atoms with Crippen LogP contribution in [0.4, 0.5) is 0 Å². The zero-order valence-corrected chi connectivity index (χ0v) is 14.9. The second kappa shape index (κ2) is 9.33. The summed E-state index contributed by atoms with van der Waals surface area (Å²) in [5.74, 6) is -1.07. The third-order valence-electron chi connectivity index (χ3n) is 3.60. The van der Waals surface area contributed by atoms with Crippen molar-refractivity contribution in [1.82, 2.24) is 0 Å². The molecule has 2 rings (SSSR count). The Bertz CT molecular complexity index is 748. The monoisotopic (exact) mass is 376 g/mol. The summed E-state index contributed by atoms with van der Waals surface area (Å²) in [6.45, 7) is -0.0155. The number of benzene rings is 2. The van der Waals surface area contributed by atoms with Gasteiger partial charge in [-0.1, -0.05) is 0 Å². The molecule has 8 nitrogen and oxygen atoms in total. The summed E-state index contributed by atoms with van der Waals surface area (Å²) in [6.07, 6.45) is 0.255. The van der Waals surface area contributed by atoms with E-state index in [4.69, 9.17) is 18.9 Å². The van der Waals surface area contributed by atoms with Crippen molar-refractivity contribution in [2.24, 2.45) is 0 Å². The second-order valence-corrected chi connectivity index (χ2v) is 5.39. The first-order valence-corrected chi connectivity index (χ1v) is 8.04. The van der Waals surface area contributed by atoms with Gasteiger partial charge in [-0.25, -0.2) is 9.59 Å². The van der Waals surface area contributed by atoms with Gasteiger partial charge in [0.05, 0.1) is 27.4 Å². The van der Waals surface area contributed by atoms with Crippen LogP contribution in [0.5, 0.6) is 23.0 Å². The minimum atomic E-state index is -0.700. The van der Waals surface area contributed by atoms with E-state index in [1.165, 1.54) is 50.6 Å². The van der Waals surface area contributed by atoms with Crippen molar-refractivity contribution < 1.29 is 38.7 Å². The zero-order chi connectivity index (χ0) is 19.8. The highest BCUT2D eigenvalue weighted by molar-refractivity contribution is 5.93. The van der Waals surface area contributed by atoms with E-state index in [0.29, 0.717) is 11.5 Å². The maximum Gasteiger partial charge on any atom is 0.341 e. The number of carbonyl (C=O) groups excluding carboxylic acids is 2. The minimum absolute atomic E-state index is 0.00776. The van der Waals surface area contributed by atoms with E-state index < -0.39 is 11.9 Å². The molecule has 0 spiro atoms. The van der Waals surface area contributed by atoms with Crippen LogP contribution in [0.3, 0.4) is 0 Å². The Hall–Kier alpha value is -3.42. The lowest BCUT2D eigenvalue weighted by Gasteiger charge is -2.09. The number of rotatable bonds is 8. The average molecular weight is 376 g/mol. The molecule has 0 amide bonds.